The van der Waals surface area contributed by atoms with Gasteiger partial charge >= 0.3 is 0 Å². The minimum absolute atomic E-state index is 0.108. The number of fused-ring (bicyclic) bond motifs is 1. The maximum atomic E-state index is 14.5. The van der Waals surface area contributed by atoms with E-state index in [9.17, 15) is 17.7 Å². The number of nitrogens with one attached hydrogen (secondary N) is 1. The molecule has 0 bridgehead atoms. The molecule has 9 heteroatoms. The van der Waals surface area contributed by atoms with Gasteiger partial charge in [-0.05, 0) is 26.6 Å². The van der Waals surface area contributed by atoms with Crippen molar-refractivity contribution in [3.63, 3.8) is 0 Å². The molecule has 0 fully saturated rings. The van der Waals surface area contributed by atoms with E-state index in [0.717, 1.165) is 6.07 Å². The second-order valence-electron chi connectivity index (χ2n) is 7.01. The number of nitrogens with zero attached hydrogens (tertiary/aromatic N) is 3. The highest BCUT2D eigenvalue weighted by Gasteiger charge is 2.22. The fourth-order valence-corrected chi connectivity index (χ4v) is 4.05. The Bertz CT molecular complexity index is 1110. The van der Waals surface area contributed by atoms with Crippen molar-refractivity contribution in [1.82, 2.24) is 15.0 Å². The van der Waals surface area contributed by atoms with Crippen LogP contribution in [0, 0.1) is 12.7 Å². The lowest BCUT2D eigenvalue weighted by Crippen LogP contribution is -2.14. The highest BCUT2D eigenvalue weighted by atomic mass is 31.2. The number of benzene rings is 1. The summed E-state index contributed by atoms with van der Waals surface area (Å²) in [6, 6.07) is 4.97. The number of pyridine rings is 1. The largest absolute Gasteiger partial charge is 0.363 e. The summed E-state index contributed by atoms with van der Waals surface area (Å²) in [7, 11) is -2.62. The van der Waals surface area contributed by atoms with E-state index in [0.29, 0.717) is 34.1 Å². The van der Waals surface area contributed by atoms with E-state index < -0.39 is 31.0 Å². The minimum Gasteiger partial charge on any atom is -0.363 e. The predicted octanol–water partition coefficient (Wildman–Crippen LogP) is 5.22. The van der Waals surface area contributed by atoms with Gasteiger partial charge in [0, 0.05) is 17.1 Å². The van der Waals surface area contributed by atoms with E-state index in [-0.39, 0.29) is 5.56 Å². The van der Waals surface area contributed by atoms with Crippen LogP contribution in [-0.4, -0.2) is 27.8 Å². The maximum Gasteiger partial charge on any atom is 0.266 e. The average Bonchev–Trinajstić information content (AvgIpc) is 2.67. The Balaban J connectivity index is 2.07. The molecule has 0 aliphatic carbocycles. The van der Waals surface area contributed by atoms with Gasteiger partial charge in [-0.25, -0.2) is 23.1 Å². The smallest absolute Gasteiger partial charge is 0.266 e. The summed E-state index contributed by atoms with van der Waals surface area (Å²) >= 11 is 0. The SMILES string of the molecule is CCP(C)(=O)c1cc2c(NC(C)c3cccc(C(F)F)c3F)nc(C)nc2cn1. The van der Waals surface area contributed by atoms with Gasteiger partial charge in [-0.15, -0.1) is 0 Å². The molecule has 0 amide bonds. The number of anilines is 1. The first kappa shape index (κ1) is 21.2. The highest BCUT2D eigenvalue weighted by molar-refractivity contribution is 7.70. The Kier molecular flexibility index (Phi) is 5.94. The predicted molar refractivity (Wildman–Crippen MR) is 109 cm³/mol. The van der Waals surface area contributed by atoms with Crippen molar-refractivity contribution in [2.24, 2.45) is 0 Å². The zero-order chi connectivity index (χ0) is 21.3. The first-order valence-corrected chi connectivity index (χ1v) is 11.5. The van der Waals surface area contributed by atoms with Gasteiger partial charge in [-0.2, -0.15) is 0 Å². The quantitative estimate of drug-likeness (QED) is 0.552. The number of rotatable bonds is 6. The van der Waals surface area contributed by atoms with Gasteiger partial charge in [0.2, 0.25) is 0 Å². The van der Waals surface area contributed by atoms with E-state index >= 15 is 0 Å². The molecule has 0 saturated heterocycles. The van der Waals surface area contributed by atoms with Crippen LogP contribution >= 0.6 is 7.14 Å². The van der Waals surface area contributed by atoms with Crippen molar-refractivity contribution in [2.45, 2.75) is 33.2 Å². The van der Waals surface area contributed by atoms with E-state index in [4.69, 9.17) is 0 Å². The molecule has 0 aliphatic heterocycles. The molecule has 29 heavy (non-hydrogen) atoms. The van der Waals surface area contributed by atoms with Crippen LogP contribution in [0.3, 0.4) is 0 Å². The lowest BCUT2D eigenvalue weighted by Gasteiger charge is -2.19. The van der Waals surface area contributed by atoms with Crippen LogP contribution in [0.15, 0.2) is 30.5 Å². The van der Waals surface area contributed by atoms with Crippen LogP contribution in [-0.2, 0) is 4.57 Å². The lowest BCUT2D eigenvalue weighted by molar-refractivity contribution is 0.146. The molecule has 2 unspecified atom stereocenters. The van der Waals surface area contributed by atoms with Gasteiger partial charge < -0.3 is 9.88 Å². The average molecular weight is 422 g/mol. The molecule has 0 radical (unpaired) electrons. The van der Waals surface area contributed by atoms with Crippen LogP contribution < -0.4 is 10.8 Å². The summed E-state index contributed by atoms with van der Waals surface area (Å²) < 4.78 is 53.4. The molecule has 3 aromatic rings. The van der Waals surface area contributed by atoms with Crippen LogP contribution in [0.2, 0.25) is 0 Å². The highest BCUT2D eigenvalue weighted by Crippen LogP contribution is 2.39. The first-order chi connectivity index (χ1) is 13.6. The van der Waals surface area contributed by atoms with Crippen molar-refractivity contribution in [3.8, 4) is 0 Å². The number of hydrogen-bond donors (Lipinski definition) is 1. The Hall–Kier alpha value is -2.47. The summed E-state index contributed by atoms with van der Waals surface area (Å²) in [4.78, 5) is 13.0. The summed E-state index contributed by atoms with van der Waals surface area (Å²) in [6.07, 6.45) is -0.896. The van der Waals surface area contributed by atoms with Gasteiger partial charge in [-0.1, -0.05) is 25.1 Å². The molecule has 5 nitrogen and oxygen atoms in total. The van der Waals surface area contributed by atoms with Crippen LogP contribution in [0.5, 0.6) is 0 Å². The van der Waals surface area contributed by atoms with Gasteiger partial charge in [-0.3, -0.25) is 4.98 Å². The fourth-order valence-electron chi connectivity index (χ4n) is 3.02. The molecule has 3 rings (SSSR count). The van der Waals surface area contributed by atoms with E-state index in [1.807, 2.05) is 6.92 Å². The molecule has 0 spiro atoms. The third kappa shape index (κ3) is 4.27. The fraction of sp³-hybridized carbons (Fsp3) is 0.350. The monoisotopic (exact) mass is 422 g/mol. The Morgan fingerprint density at radius 3 is 2.55 bits per heavy atom. The Morgan fingerprint density at radius 1 is 1.21 bits per heavy atom. The van der Waals surface area contributed by atoms with Crippen LogP contribution in [0.4, 0.5) is 19.0 Å². The third-order valence-electron chi connectivity index (χ3n) is 4.88. The number of aromatic nitrogens is 3. The van der Waals surface area contributed by atoms with Crippen LogP contribution in [0.25, 0.3) is 10.9 Å². The van der Waals surface area contributed by atoms with Crippen molar-refractivity contribution in [2.75, 3.05) is 18.1 Å². The van der Waals surface area contributed by atoms with Gasteiger partial charge in [0.15, 0.2) is 0 Å². The van der Waals surface area contributed by atoms with E-state index in [1.54, 1.807) is 32.8 Å². The summed E-state index contributed by atoms with van der Waals surface area (Å²) in [6.45, 7) is 6.86. The van der Waals surface area contributed by atoms with Crippen LogP contribution in [0.1, 0.15) is 43.3 Å². The second-order valence-corrected chi connectivity index (χ2v) is 10.3. The molecule has 2 atom stereocenters. The molecular formula is C20H22F3N4OP. The molecule has 2 heterocycles. The number of aryl methyl sites for hydroxylation is 1. The number of halogens is 3. The second kappa shape index (κ2) is 8.11. The zero-order valence-electron chi connectivity index (χ0n) is 16.6. The van der Waals surface area contributed by atoms with Gasteiger partial charge in [0.1, 0.15) is 30.0 Å². The molecule has 0 aliphatic rings. The molecule has 2 aromatic heterocycles. The molecule has 154 valence electrons. The van der Waals surface area contributed by atoms with Gasteiger partial charge in [0.25, 0.3) is 6.43 Å². The lowest BCUT2D eigenvalue weighted by atomic mass is 10.0. The topological polar surface area (TPSA) is 67.8 Å². The summed E-state index contributed by atoms with van der Waals surface area (Å²) in [5.41, 5.74) is 0.479. The third-order valence-corrected chi connectivity index (χ3v) is 7.30. The number of alkyl halides is 2. The first-order valence-electron chi connectivity index (χ1n) is 9.18. The maximum absolute atomic E-state index is 14.5. The standard InChI is InChI=1S/C20H22F3N4OP/c1-5-29(4,28)17-9-15-16(10-24-17)26-12(3)27-20(15)25-11(2)13-7-6-8-14(18(13)21)19(22)23/h6-11,19H,5H2,1-4H3,(H,25,26,27). The minimum atomic E-state index is -2.90. The molecular weight excluding hydrogens is 400 g/mol. The van der Waals surface area contributed by atoms with Crippen molar-refractivity contribution in [1.29, 1.82) is 0 Å². The molecule has 1 aromatic carbocycles. The molecule has 1 N–H and O–H groups in total. The van der Waals surface area contributed by atoms with E-state index in [2.05, 4.69) is 20.3 Å². The van der Waals surface area contributed by atoms with Crippen molar-refractivity contribution >= 4 is 29.3 Å². The zero-order valence-corrected chi connectivity index (χ0v) is 17.5. The summed E-state index contributed by atoms with van der Waals surface area (Å²) in [5.74, 6) is -0.0655. The van der Waals surface area contributed by atoms with Gasteiger partial charge in [0.05, 0.1) is 23.3 Å². The Morgan fingerprint density at radius 2 is 1.90 bits per heavy atom. The number of hydrogen-bond acceptors (Lipinski definition) is 5. The summed E-state index contributed by atoms with van der Waals surface area (Å²) in [5, 5.41) is 3.68. The van der Waals surface area contributed by atoms with E-state index in [1.165, 1.54) is 12.1 Å². The Labute approximate surface area is 167 Å². The molecule has 0 saturated carbocycles. The normalized spacial score (nSPS) is 14.8. The van der Waals surface area contributed by atoms with Crippen molar-refractivity contribution < 1.29 is 17.7 Å². The van der Waals surface area contributed by atoms with Crippen molar-refractivity contribution in [3.05, 3.63) is 53.2 Å².